The maximum Gasteiger partial charge on any atom is 0.263 e. The van der Waals surface area contributed by atoms with Gasteiger partial charge in [-0.2, -0.15) is 0 Å². The number of unbranched alkanes of at least 4 members (excludes halogenated alkanes) is 2. The summed E-state index contributed by atoms with van der Waals surface area (Å²) in [5.41, 5.74) is 1.31. The monoisotopic (exact) mass is 407 g/mol. The van der Waals surface area contributed by atoms with E-state index in [4.69, 9.17) is 4.98 Å². The Balaban J connectivity index is 1.89. The van der Waals surface area contributed by atoms with Crippen molar-refractivity contribution in [2.45, 2.75) is 83.5 Å². The van der Waals surface area contributed by atoms with E-state index in [0.717, 1.165) is 55.2 Å². The number of hydrogen-bond acceptors (Lipinski definition) is 5. The van der Waals surface area contributed by atoms with Gasteiger partial charge in [-0.1, -0.05) is 38.5 Å². The van der Waals surface area contributed by atoms with E-state index in [9.17, 15) is 9.59 Å². The molecule has 0 spiro atoms. The minimum Gasteiger partial charge on any atom is -0.353 e. The smallest absolute Gasteiger partial charge is 0.263 e. The predicted octanol–water partition coefficient (Wildman–Crippen LogP) is 4.14. The van der Waals surface area contributed by atoms with Gasteiger partial charge in [-0.25, -0.2) is 4.98 Å². The molecule has 0 bridgehead atoms. The number of thioether (sulfide) groups is 1. The Morgan fingerprint density at radius 1 is 1.33 bits per heavy atom. The zero-order valence-electron chi connectivity index (χ0n) is 16.5. The average Bonchev–Trinajstić information content (AvgIpc) is 3.22. The minimum atomic E-state index is -0.00234. The number of amides is 1. The third kappa shape index (κ3) is 4.57. The van der Waals surface area contributed by atoms with Crippen LogP contribution < -0.4 is 10.9 Å². The Bertz CT molecular complexity index is 872. The van der Waals surface area contributed by atoms with Gasteiger partial charge in [0.1, 0.15) is 4.83 Å². The molecule has 2 heterocycles. The first-order valence-electron chi connectivity index (χ1n) is 10.0. The maximum atomic E-state index is 13.2. The molecule has 0 aliphatic heterocycles. The SMILES string of the molecule is CCCCCn1c(SCC(=O)NC(C)CC)nc2sc3c(c2c1=O)CCC3. The lowest BCUT2D eigenvalue weighted by Crippen LogP contribution is -2.33. The van der Waals surface area contributed by atoms with Crippen LogP contribution in [-0.4, -0.2) is 27.3 Å². The summed E-state index contributed by atoms with van der Waals surface area (Å²) in [6, 6.07) is 0.167. The fraction of sp³-hybridized carbons (Fsp3) is 0.650. The molecular formula is C20H29N3O2S2. The van der Waals surface area contributed by atoms with E-state index >= 15 is 0 Å². The number of hydrogen-bond donors (Lipinski definition) is 1. The van der Waals surface area contributed by atoms with Gasteiger partial charge in [0.05, 0.1) is 11.1 Å². The van der Waals surface area contributed by atoms with Crippen LogP contribution in [0.1, 0.15) is 63.3 Å². The average molecular weight is 408 g/mol. The normalized spacial score (nSPS) is 14.5. The molecule has 1 N–H and O–H groups in total. The number of rotatable bonds is 9. The molecule has 0 radical (unpaired) electrons. The van der Waals surface area contributed by atoms with Crippen LogP contribution in [0.2, 0.25) is 0 Å². The first kappa shape index (κ1) is 20.4. The molecule has 0 aromatic carbocycles. The third-order valence-corrected chi connectivity index (χ3v) is 7.29. The highest BCUT2D eigenvalue weighted by atomic mass is 32.2. The predicted molar refractivity (Wildman–Crippen MR) is 114 cm³/mol. The van der Waals surface area contributed by atoms with Crippen molar-refractivity contribution in [2.75, 3.05) is 5.75 Å². The van der Waals surface area contributed by atoms with E-state index in [1.54, 1.807) is 11.3 Å². The molecule has 5 nitrogen and oxygen atoms in total. The van der Waals surface area contributed by atoms with E-state index < -0.39 is 0 Å². The first-order chi connectivity index (χ1) is 13.0. The van der Waals surface area contributed by atoms with Crippen LogP contribution in [0.5, 0.6) is 0 Å². The van der Waals surface area contributed by atoms with Crippen LogP contribution in [0, 0.1) is 0 Å². The lowest BCUT2D eigenvalue weighted by molar-refractivity contribution is -0.119. The van der Waals surface area contributed by atoms with Crippen molar-refractivity contribution < 1.29 is 4.79 Å². The van der Waals surface area contributed by atoms with Gasteiger partial charge in [0.25, 0.3) is 5.56 Å². The number of carbonyl (C=O) groups excluding carboxylic acids is 1. The summed E-state index contributed by atoms with van der Waals surface area (Å²) in [5.74, 6) is 0.290. The molecule has 0 fully saturated rings. The molecule has 1 unspecified atom stereocenters. The summed E-state index contributed by atoms with van der Waals surface area (Å²) in [6.07, 6.45) is 7.25. The molecule has 7 heteroatoms. The summed E-state index contributed by atoms with van der Waals surface area (Å²) >= 11 is 3.04. The van der Waals surface area contributed by atoms with Crippen molar-refractivity contribution in [3.05, 3.63) is 20.8 Å². The van der Waals surface area contributed by atoms with Gasteiger partial charge in [-0.05, 0) is 44.6 Å². The fourth-order valence-electron chi connectivity index (χ4n) is 3.43. The standard InChI is InChI=1S/C20H29N3O2S2/c1-4-6-7-11-23-19(25)17-14-9-8-10-15(14)27-18(17)22-20(23)26-12-16(24)21-13(3)5-2/h13H,4-12H2,1-3H3,(H,21,24). The van der Waals surface area contributed by atoms with Crippen molar-refractivity contribution in [1.82, 2.24) is 14.9 Å². The number of nitrogens with zero attached hydrogens (tertiary/aromatic N) is 2. The van der Waals surface area contributed by atoms with E-state index in [1.165, 1.54) is 22.2 Å². The number of aromatic nitrogens is 2. The van der Waals surface area contributed by atoms with E-state index in [-0.39, 0.29) is 17.5 Å². The van der Waals surface area contributed by atoms with E-state index in [1.807, 2.05) is 11.5 Å². The highest BCUT2D eigenvalue weighted by Crippen LogP contribution is 2.35. The van der Waals surface area contributed by atoms with Crippen LogP contribution >= 0.6 is 23.1 Å². The number of aryl methyl sites for hydroxylation is 2. The Morgan fingerprint density at radius 3 is 2.89 bits per heavy atom. The van der Waals surface area contributed by atoms with Crippen LogP contribution in [0.3, 0.4) is 0 Å². The number of carbonyl (C=O) groups is 1. The van der Waals surface area contributed by atoms with Gasteiger partial charge in [0, 0.05) is 17.5 Å². The number of nitrogens with one attached hydrogen (secondary N) is 1. The summed E-state index contributed by atoms with van der Waals surface area (Å²) in [4.78, 5) is 32.4. The van der Waals surface area contributed by atoms with Crippen molar-refractivity contribution in [1.29, 1.82) is 0 Å². The van der Waals surface area contributed by atoms with Crippen molar-refractivity contribution in [2.24, 2.45) is 0 Å². The Morgan fingerprint density at radius 2 is 2.15 bits per heavy atom. The Labute approximate surface area is 169 Å². The largest absolute Gasteiger partial charge is 0.353 e. The first-order valence-corrected chi connectivity index (χ1v) is 11.8. The number of fused-ring (bicyclic) bond motifs is 3. The van der Waals surface area contributed by atoms with Crippen LogP contribution in [-0.2, 0) is 24.2 Å². The van der Waals surface area contributed by atoms with Gasteiger partial charge in [-0.3, -0.25) is 14.2 Å². The van der Waals surface area contributed by atoms with E-state index in [2.05, 4.69) is 19.2 Å². The molecule has 0 saturated heterocycles. The molecule has 0 saturated carbocycles. The Hall–Kier alpha value is -1.34. The summed E-state index contributed by atoms with van der Waals surface area (Å²) < 4.78 is 1.81. The lowest BCUT2D eigenvalue weighted by Gasteiger charge is -2.14. The zero-order valence-corrected chi connectivity index (χ0v) is 18.1. The summed E-state index contributed by atoms with van der Waals surface area (Å²) in [7, 11) is 0. The van der Waals surface area contributed by atoms with Gasteiger partial charge < -0.3 is 5.32 Å². The molecule has 2 aromatic heterocycles. The molecule has 1 atom stereocenters. The second kappa shape index (κ2) is 9.24. The van der Waals surface area contributed by atoms with Gasteiger partial charge in [-0.15, -0.1) is 11.3 Å². The van der Waals surface area contributed by atoms with Crippen molar-refractivity contribution in [3.63, 3.8) is 0 Å². The molecule has 1 aliphatic carbocycles. The molecule has 3 rings (SSSR count). The van der Waals surface area contributed by atoms with Gasteiger partial charge in [0.2, 0.25) is 5.91 Å². The minimum absolute atomic E-state index is 0.00234. The second-order valence-electron chi connectivity index (χ2n) is 7.26. The quantitative estimate of drug-likeness (QED) is 0.385. The summed E-state index contributed by atoms with van der Waals surface area (Å²) in [6.45, 7) is 6.89. The maximum absolute atomic E-state index is 13.2. The Kier molecular flexibility index (Phi) is 6.98. The van der Waals surface area contributed by atoms with Crippen molar-refractivity contribution in [3.8, 4) is 0 Å². The summed E-state index contributed by atoms with van der Waals surface area (Å²) in [5, 5.41) is 4.50. The topological polar surface area (TPSA) is 64.0 Å². The third-order valence-electron chi connectivity index (χ3n) is 5.13. The van der Waals surface area contributed by atoms with Crippen molar-refractivity contribution >= 4 is 39.2 Å². The van der Waals surface area contributed by atoms with Crippen LogP contribution in [0.15, 0.2) is 9.95 Å². The molecule has 27 heavy (non-hydrogen) atoms. The fourth-order valence-corrected chi connectivity index (χ4v) is 5.57. The lowest BCUT2D eigenvalue weighted by atomic mass is 10.2. The van der Waals surface area contributed by atoms with E-state index in [0.29, 0.717) is 17.5 Å². The molecular weight excluding hydrogens is 378 g/mol. The molecule has 148 valence electrons. The number of thiophene rings is 1. The van der Waals surface area contributed by atoms with Gasteiger partial charge in [0.15, 0.2) is 5.16 Å². The van der Waals surface area contributed by atoms with Crippen LogP contribution in [0.4, 0.5) is 0 Å². The molecule has 1 aliphatic rings. The second-order valence-corrected chi connectivity index (χ2v) is 9.29. The van der Waals surface area contributed by atoms with Gasteiger partial charge >= 0.3 is 0 Å². The highest BCUT2D eigenvalue weighted by molar-refractivity contribution is 7.99. The molecule has 2 aromatic rings. The molecule has 1 amide bonds. The highest BCUT2D eigenvalue weighted by Gasteiger charge is 2.23. The van der Waals surface area contributed by atoms with Crippen LogP contribution in [0.25, 0.3) is 10.2 Å². The zero-order chi connectivity index (χ0) is 19.4.